The third-order valence-corrected chi connectivity index (χ3v) is 2.52. The first kappa shape index (κ1) is 9.88. The summed E-state index contributed by atoms with van der Waals surface area (Å²) in [4.78, 5) is 0. The van der Waals surface area contributed by atoms with Crippen molar-refractivity contribution < 1.29 is 0 Å². The molecular weight excluding hydrogens is 191 g/mol. The molecule has 1 rings (SSSR count). The van der Waals surface area contributed by atoms with Gasteiger partial charge < -0.3 is 0 Å². The fourth-order valence-electron chi connectivity index (χ4n) is 1.15. The van der Waals surface area contributed by atoms with Gasteiger partial charge >= 0.3 is 0 Å². The summed E-state index contributed by atoms with van der Waals surface area (Å²) in [6, 6.07) is 5.77. The largest absolute Gasteiger partial charge is 0.0827 e. The van der Waals surface area contributed by atoms with E-state index >= 15 is 0 Å². The first-order valence-electron chi connectivity index (χ1n) is 4.04. The molecule has 0 amide bonds. The molecule has 2 heteroatoms. The second-order valence-electron chi connectivity index (χ2n) is 3.31. The molecule has 0 saturated heterocycles. The summed E-state index contributed by atoms with van der Waals surface area (Å²) in [6.45, 7) is 4.33. The van der Waals surface area contributed by atoms with Crippen LogP contribution in [0.4, 0.5) is 0 Å². The van der Waals surface area contributed by atoms with Crippen molar-refractivity contribution in [2.24, 2.45) is 5.92 Å². The Morgan fingerprint density at radius 2 is 1.92 bits per heavy atom. The average molecular weight is 203 g/mol. The Bertz CT molecular complexity index is 267. The predicted molar refractivity (Wildman–Crippen MR) is 55.0 cm³/mol. The van der Waals surface area contributed by atoms with Gasteiger partial charge in [0.15, 0.2) is 0 Å². The van der Waals surface area contributed by atoms with E-state index in [1.54, 1.807) is 0 Å². The molecule has 0 fully saturated rings. The van der Waals surface area contributed by atoms with E-state index in [1.807, 2.05) is 18.2 Å². The highest BCUT2D eigenvalue weighted by atomic mass is 35.5. The number of hydrogen-bond donors (Lipinski definition) is 0. The smallest absolute Gasteiger partial charge is 0.0624 e. The van der Waals surface area contributed by atoms with Crippen molar-refractivity contribution in [3.8, 4) is 0 Å². The highest BCUT2D eigenvalue weighted by Gasteiger charge is 2.05. The predicted octanol–water partition coefficient (Wildman–Crippen LogP) is 4.19. The van der Waals surface area contributed by atoms with Gasteiger partial charge in [-0.1, -0.05) is 49.2 Å². The van der Waals surface area contributed by atoms with Gasteiger partial charge in [0.05, 0.1) is 10.0 Å². The van der Waals surface area contributed by atoms with E-state index in [0.717, 1.165) is 12.0 Å². The summed E-state index contributed by atoms with van der Waals surface area (Å²) in [7, 11) is 0. The molecule has 0 radical (unpaired) electrons. The van der Waals surface area contributed by atoms with Crippen LogP contribution in [0, 0.1) is 5.92 Å². The van der Waals surface area contributed by atoms with Gasteiger partial charge in [-0.2, -0.15) is 0 Å². The summed E-state index contributed by atoms with van der Waals surface area (Å²) < 4.78 is 0. The highest BCUT2D eigenvalue weighted by molar-refractivity contribution is 6.42. The zero-order valence-corrected chi connectivity index (χ0v) is 8.78. The van der Waals surface area contributed by atoms with E-state index in [-0.39, 0.29) is 0 Å². The molecule has 0 aromatic heterocycles. The molecule has 0 heterocycles. The zero-order valence-electron chi connectivity index (χ0n) is 7.27. The molecule has 0 aliphatic rings. The first-order valence-corrected chi connectivity index (χ1v) is 4.79. The van der Waals surface area contributed by atoms with Crippen LogP contribution >= 0.6 is 23.2 Å². The van der Waals surface area contributed by atoms with Crippen LogP contribution in [0.1, 0.15) is 19.4 Å². The van der Waals surface area contributed by atoms with Crippen LogP contribution in [-0.2, 0) is 6.42 Å². The van der Waals surface area contributed by atoms with Crippen LogP contribution in [0.25, 0.3) is 0 Å². The van der Waals surface area contributed by atoms with Crippen LogP contribution in [0.3, 0.4) is 0 Å². The van der Waals surface area contributed by atoms with E-state index in [1.165, 1.54) is 0 Å². The molecule has 1 aromatic carbocycles. The lowest BCUT2D eigenvalue weighted by molar-refractivity contribution is 0.647. The lowest BCUT2D eigenvalue weighted by atomic mass is 10.0. The van der Waals surface area contributed by atoms with E-state index in [2.05, 4.69) is 13.8 Å². The van der Waals surface area contributed by atoms with Crippen LogP contribution in [0.15, 0.2) is 18.2 Å². The van der Waals surface area contributed by atoms with Crippen molar-refractivity contribution in [3.05, 3.63) is 33.8 Å². The Morgan fingerprint density at radius 1 is 1.25 bits per heavy atom. The van der Waals surface area contributed by atoms with Crippen LogP contribution < -0.4 is 0 Å². The molecule has 1 aromatic rings. The monoisotopic (exact) mass is 202 g/mol. The van der Waals surface area contributed by atoms with Gasteiger partial charge in [0.1, 0.15) is 0 Å². The Kier molecular flexibility index (Phi) is 3.42. The summed E-state index contributed by atoms with van der Waals surface area (Å²) >= 11 is 11.9. The third-order valence-electron chi connectivity index (χ3n) is 1.66. The Morgan fingerprint density at radius 3 is 2.50 bits per heavy atom. The SMILES string of the molecule is CC(C)Cc1cccc(Cl)c1Cl. The van der Waals surface area contributed by atoms with Crippen molar-refractivity contribution in [1.82, 2.24) is 0 Å². The molecule has 0 unspecified atom stereocenters. The Labute approximate surface area is 83.5 Å². The van der Waals surface area contributed by atoms with Gasteiger partial charge in [0.25, 0.3) is 0 Å². The normalized spacial score (nSPS) is 10.8. The van der Waals surface area contributed by atoms with Gasteiger partial charge in [-0.05, 0) is 24.0 Å². The topological polar surface area (TPSA) is 0 Å². The molecule has 0 atom stereocenters. The molecule has 0 aliphatic heterocycles. The molecule has 12 heavy (non-hydrogen) atoms. The Hall–Kier alpha value is -0.200. The number of hydrogen-bond acceptors (Lipinski definition) is 0. The molecular formula is C10H12Cl2. The first-order chi connectivity index (χ1) is 5.61. The third kappa shape index (κ3) is 2.40. The highest BCUT2D eigenvalue weighted by Crippen LogP contribution is 2.27. The van der Waals surface area contributed by atoms with Crippen molar-refractivity contribution >= 4 is 23.2 Å². The van der Waals surface area contributed by atoms with E-state index in [0.29, 0.717) is 16.0 Å². The van der Waals surface area contributed by atoms with Crippen LogP contribution in [0.2, 0.25) is 10.0 Å². The van der Waals surface area contributed by atoms with Gasteiger partial charge in [-0.25, -0.2) is 0 Å². The van der Waals surface area contributed by atoms with Crippen molar-refractivity contribution in [3.63, 3.8) is 0 Å². The van der Waals surface area contributed by atoms with Gasteiger partial charge in [-0.15, -0.1) is 0 Å². The molecule has 0 saturated carbocycles. The fourth-order valence-corrected chi connectivity index (χ4v) is 1.54. The maximum absolute atomic E-state index is 6.01. The van der Waals surface area contributed by atoms with Crippen molar-refractivity contribution in [1.29, 1.82) is 0 Å². The zero-order chi connectivity index (χ0) is 9.14. The molecule has 0 N–H and O–H groups in total. The summed E-state index contributed by atoms with van der Waals surface area (Å²) in [6.07, 6.45) is 0.986. The molecule has 0 nitrogen and oxygen atoms in total. The van der Waals surface area contributed by atoms with E-state index < -0.39 is 0 Å². The molecule has 0 aliphatic carbocycles. The molecule has 0 spiro atoms. The quantitative estimate of drug-likeness (QED) is 0.675. The number of halogens is 2. The second-order valence-corrected chi connectivity index (χ2v) is 4.10. The van der Waals surface area contributed by atoms with Gasteiger partial charge in [0, 0.05) is 0 Å². The van der Waals surface area contributed by atoms with Crippen LogP contribution in [-0.4, -0.2) is 0 Å². The summed E-state index contributed by atoms with van der Waals surface area (Å²) in [5, 5.41) is 1.35. The number of benzene rings is 1. The van der Waals surface area contributed by atoms with E-state index in [9.17, 15) is 0 Å². The molecule has 66 valence electrons. The van der Waals surface area contributed by atoms with Crippen molar-refractivity contribution in [2.45, 2.75) is 20.3 Å². The lowest BCUT2D eigenvalue weighted by Gasteiger charge is -2.07. The maximum atomic E-state index is 6.01. The van der Waals surface area contributed by atoms with Crippen LogP contribution in [0.5, 0.6) is 0 Å². The molecule has 0 bridgehead atoms. The van der Waals surface area contributed by atoms with E-state index in [4.69, 9.17) is 23.2 Å². The summed E-state index contributed by atoms with van der Waals surface area (Å²) in [5.41, 5.74) is 1.14. The van der Waals surface area contributed by atoms with Crippen molar-refractivity contribution in [2.75, 3.05) is 0 Å². The minimum Gasteiger partial charge on any atom is -0.0827 e. The lowest BCUT2D eigenvalue weighted by Crippen LogP contribution is -1.94. The number of rotatable bonds is 2. The second kappa shape index (κ2) is 4.15. The maximum Gasteiger partial charge on any atom is 0.0624 e. The average Bonchev–Trinajstić information content (AvgIpc) is 1.98. The Balaban J connectivity index is 2.92. The fraction of sp³-hybridized carbons (Fsp3) is 0.400. The van der Waals surface area contributed by atoms with Gasteiger partial charge in [-0.3, -0.25) is 0 Å². The standard InChI is InChI=1S/C10H12Cl2/c1-7(2)6-8-4-3-5-9(11)10(8)12/h3-5,7H,6H2,1-2H3. The summed E-state index contributed by atoms with van der Waals surface area (Å²) in [5.74, 6) is 0.612. The van der Waals surface area contributed by atoms with Gasteiger partial charge in [0.2, 0.25) is 0 Å². The minimum atomic E-state index is 0.612. The minimum absolute atomic E-state index is 0.612.